The Hall–Kier alpha value is -1.89. The van der Waals surface area contributed by atoms with Gasteiger partial charge in [-0.3, -0.25) is 9.69 Å². The van der Waals surface area contributed by atoms with Crippen LogP contribution in [0.3, 0.4) is 0 Å². The molecule has 3 heterocycles. The number of nitrogens with one attached hydrogen (secondary N) is 1. The molecule has 3 aliphatic rings. The molecule has 1 aromatic rings. The Kier molecular flexibility index (Phi) is 4.50. The van der Waals surface area contributed by atoms with Gasteiger partial charge in [0.15, 0.2) is 0 Å². The van der Waals surface area contributed by atoms with Crippen LogP contribution in [-0.4, -0.2) is 64.7 Å². The summed E-state index contributed by atoms with van der Waals surface area (Å²) in [7, 11) is 0. The molecular formula is C19H28N4O3. The van der Waals surface area contributed by atoms with Crippen molar-refractivity contribution in [1.29, 1.82) is 0 Å². The number of ether oxygens (including phenoxy) is 1. The lowest BCUT2D eigenvalue weighted by Crippen LogP contribution is -2.47. The van der Waals surface area contributed by atoms with Crippen LogP contribution in [0.4, 0.5) is 4.79 Å². The van der Waals surface area contributed by atoms with Crippen LogP contribution in [0.1, 0.15) is 49.7 Å². The normalized spacial score (nSPS) is 24.8. The van der Waals surface area contributed by atoms with Crippen LogP contribution in [-0.2, 0) is 16.6 Å². The van der Waals surface area contributed by atoms with Crippen molar-refractivity contribution in [3.63, 3.8) is 0 Å². The summed E-state index contributed by atoms with van der Waals surface area (Å²) >= 11 is 0. The number of rotatable bonds is 2. The molecule has 1 amide bonds. The highest BCUT2D eigenvalue weighted by molar-refractivity contribution is 5.68. The minimum absolute atomic E-state index is 0.0488. The number of likely N-dealkylation sites (tertiary alicyclic amines) is 2. The minimum Gasteiger partial charge on any atom is -0.450 e. The third kappa shape index (κ3) is 2.92. The fourth-order valence-electron chi connectivity index (χ4n) is 4.99. The number of aromatic amines is 1. The van der Waals surface area contributed by atoms with Gasteiger partial charge >= 0.3 is 6.09 Å². The Balaban J connectivity index is 1.42. The molecule has 142 valence electrons. The summed E-state index contributed by atoms with van der Waals surface area (Å²) in [6.07, 6.45) is 4.80. The van der Waals surface area contributed by atoms with Gasteiger partial charge in [0.2, 0.25) is 0 Å². The SMILES string of the molecule is CCOC(=O)N1CCC(N2CCC3(CCc4c3nc(C)[nH]c4=O)CC2)C1. The van der Waals surface area contributed by atoms with Gasteiger partial charge in [0, 0.05) is 30.1 Å². The third-order valence-electron chi connectivity index (χ3n) is 6.45. The number of aromatic nitrogens is 2. The highest BCUT2D eigenvalue weighted by atomic mass is 16.6. The zero-order valence-electron chi connectivity index (χ0n) is 15.7. The van der Waals surface area contributed by atoms with Crippen molar-refractivity contribution in [1.82, 2.24) is 19.8 Å². The maximum atomic E-state index is 12.2. The van der Waals surface area contributed by atoms with Crippen molar-refractivity contribution in [2.24, 2.45) is 0 Å². The zero-order valence-corrected chi connectivity index (χ0v) is 15.7. The summed E-state index contributed by atoms with van der Waals surface area (Å²) in [5, 5.41) is 0. The molecule has 26 heavy (non-hydrogen) atoms. The number of carbonyl (C=O) groups excluding carboxylic acids is 1. The average molecular weight is 360 g/mol. The van der Waals surface area contributed by atoms with Crippen molar-refractivity contribution in [2.75, 3.05) is 32.8 Å². The predicted molar refractivity (Wildman–Crippen MR) is 97.4 cm³/mol. The second kappa shape index (κ2) is 6.68. The third-order valence-corrected chi connectivity index (χ3v) is 6.45. The maximum Gasteiger partial charge on any atom is 0.409 e. The van der Waals surface area contributed by atoms with Crippen molar-refractivity contribution in [3.8, 4) is 0 Å². The molecule has 1 atom stereocenters. The molecule has 0 saturated carbocycles. The lowest BCUT2D eigenvalue weighted by molar-refractivity contribution is 0.0982. The fraction of sp³-hybridized carbons (Fsp3) is 0.737. The predicted octanol–water partition coefficient (Wildman–Crippen LogP) is 1.59. The molecule has 0 aromatic carbocycles. The molecule has 0 radical (unpaired) electrons. The Morgan fingerprint density at radius 3 is 2.81 bits per heavy atom. The highest BCUT2D eigenvalue weighted by Crippen LogP contribution is 2.44. The van der Waals surface area contributed by atoms with Crippen LogP contribution in [0.5, 0.6) is 0 Å². The zero-order chi connectivity index (χ0) is 18.3. The first kappa shape index (κ1) is 17.5. The monoisotopic (exact) mass is 360 g/mol. The lowest BCUT2D eigenvalue weighted by atomic mass is 9.76. The van der Waals surface area contributed by atoms with Gasteiger partial charge in [-0.2, -0.15) is 0 Å². The average Bonchev–Trinajstić information content (AvgIpc) is 3.23. The van der Waals surface area contributed by atoms with E-state index in [0.29, 0.717) is 12.6 Å². The number of nitrogens with zero attached hydrogens (tertiary/aromatic N) is 3. The molecule has 1 spiro atoms. The van der Waals surface area contributed by atoms with E-state index in [9.17, 15) is 9.59 Å². The van der Waals surface area contributed by atoms with Gasteiger partial charge in [-0.05, 0) is 59.0 Å². The Morgan fingerprint density at radius 1 is 1.31 bits per heavy atom. The number of amides is 1. The molecule has 2 fully saturated rings. The number of piperidine rings is 1. The molecule has 2 saturated heterocycles. The van der Waals surface area contributed by atoms with E-state index in [4.69, 9.17) is 9.72 Å². The van der Waals surface area contributed by atoms with E-state index in [0.717, 1.165) is 75.4 Å². The molecule has 4 rings (SSSR count). The minimum atomic E-state index is -0.188. The van der Waals surface area contributed by atoms with Crippen LogP contribution in [0.25, 0.3) is 0 Å². The maximum absolute atomic E-state index is 12.2. The number of carbonyl (C=O) groups is 1. The number of hydrogen-bond donors (Lipinski definition) is 1. The number of fused-ring (bicyclic) bond motifs is 2. The molecule has 0 bridgehead atoms. The standard InChI is InChI=1S/C19H28N4O3/c1-3-26-18(25)23-9-5-14(12-23)22-10-7-19(8-11-22)6-4-15-16(19)20-13(2)21-17(15)24/h14H,3-12H2,1-2H3,(H,20,21,24). The molecule has 1 N–H and O–H groups in total. The quantitative estimate of drug-likeness (QED) is 0.866. The van der Waals surface area contributed by atoms with E-state index in [2.05, 4.69) is 9.88 Å². The van der Waals surface area contributed by atoms with Gasteiger partial charge in [-0.15, -0.1) is 0 Å². The van der Waals surface area contributed by atoms with Crippen molar-refractivity contribution in [3.05, 3.63) is 27.4 Å². The first-order valence-corrected chi connectivity index (χ1v) is 9.78. The van der Waals surface area contributed by atoms with E-state index in [1.54, 1.807) is 0 Å². The van der Waals surface area contributed by atoms with E-state index in [-0.39, 0.29) is 17.1 Å². The molecule has 1 aromatic heterocycles. The number of H-pyrrole nitrogens is 1. The van der Waals surface area contributed by atoms with Crippen LogP contribution in [0.2, 0.25) is 0 Å². The Bertz CT molecular complexity index is 752. The van der Waals surface area contributed by atoms with Gasteiger partial charge in [-0.25, -0.2) is 9.78 Å². The summed E-state index contributed by atoms with van der Waals surface area (Å²) in [6, 6.07) is 0.423. The Morgan fingerprint density at radius 2 is 2.08 bits per heavy atom. The second-order valence-electron chi connectivity index (χ2n) is 7.88. The van der Waals surface area contributed by atoms with Crippen molar-refractivity contribution < 1.29 is 9.53 Å². The lowest BCUT2D eigenvalue weighted by Gasteiger charge is -2.41. The number of hydrogen-bond acceptors (Lipinski definition) is 5. The highest BCUT2D eigenvalue weighted by Gasteiger charge is 2.45. The molecular weight excluding hydrogens is 332 g/mol. The topological polar surface area (TPSA) is 78.5 Å². The largest absolute Gasteiger partial charge is 0.450 e. The van der Waals surface area contributed by atoms with Gasteiger partial charge in [0.05, 0.1) is 12.3 Å². The van der Waals surface area contributed by atoms with Crippen molar-refractivity contribution >= 4 is 6.09 Å². The molecule has 1 unspecified atom stereocenters. The van der Waals surface area contributed by atoms with Gasteiger partial charge in [-0.1, -0.05) is 0 Å². The molecule has 2 aliphatic heterocycles. The summed E-state index contributed by atoms with van der Waals surface area (Å²) in [5.41, 5.74) is 2.08. The van der Waals surface area contributed by atoms with Gasteiger partial charge < -0.3 is 14.6 Å². The second-order valence-corrected chi connectivity index (χ2v) is 7.88. The van der Waals surface area contributed by atoms with Crippen LogP contribution in [0.15, 0.2) is 4.79 Å². The van der Waals surface area contributed by atoms with Crippen LogP contribution >= 0.6 is 0 Å². The van der Waals surface area contributed by atoms with E-state index in [1.165, 1.54) is 0 Å². The molecule has 1 aliphatic carbocycles. The van der Waals surface area contributed by atoms with E-state index in [1.807, 2.05) is 18.7 Å². The first-order valence-electron chi connectivity index (χ1n) is 9.78. The van der Waals surface area contributed by atoms with Gasteiger partial charge in [0.1, 0.15) is 5.82 Å². The first-order chi connectivity index (χ1) is 12.5. The number of aryl methyl sites for hydroxylation is 1. The summed E-state index contributed by atoms with van der Waals surface area (Å²) in [5.74, 6) is 0.721. The van der Waals surface area contributed by atoms with Crippen molar-refractivity contribution in [2.45, 2.75) is 57.4 Å². The summed E-state index contributed by atoms with van der Waals surface area (Å²) in [6.45, 7) is 7.70. The van der Waals surface area contributed by atoms with Crippen LogP contribution in [0, 0.1) is 6.92 Å². The van der Waals surface area contributed by atoms with Crippen LogP contribution < -0.4 is 5.56 Å². The molecule has 7 nitrogen and oxygen atoms in total. The van der Waals surface area contributed by atoms with E-state index < -0.39 is 0 Å². The smallest absolute Gasteiger partial charge is 0.409 e. The fourth-order valence-corrected chi connectivity index (χ4v) is 4.99. The van der Waals surface area contributed by atoms with Gasteiger partial charge in [0.25, 0.3) is 5.56 Å². The molecule has 7 heteroatoms. The summed E-state index contributed by atoms with van der Waals surface area (Å²) < 4.78 is 5.13. The Labute approximate surface area is 153 Å². The summed E-state index contributed by atoms with van der Waals surface area (Å²) in [4.78, 5) is 36.1. The van der Waals surface area contributed by atoms with E-state index >= 15 is 0 Å².